The van der Waals surface area contributed by atoms with Crippen molar-refractivity contribution in [3.63, 3.8) is 0 Å². The van der Waals surface area contributed by atoms with Gasteiger partial charge in [0.25, 0.3) is 5.69 Å². The molecule has 0 amide bonds. The first-order valence-electron chi connectivity index (χ1n) is 7.07. The minimum Gasteiger partial charge on any atom is -0.299 e. The molecule has 0 saturated carbocycles. The molecule has 0 fully saturated rings. The average molecular weight is 293 g/mol. The average Bonchev–Trinajstić information content (AvgIpc) is 3.04. The number of nitro benzene ring substituents is 1. The molecule has 1 heterocycles. The van der Waals surface area contributed by atoms with Crippen molar-refractivity contribution in [1.29, 1.82) is 0 Å². The van der Waals surface area contributed by atoms with Crippen molar-refractivity contribution < 1.29 is 4.92 Å². The predicted octanol–water partition coefficient (Wildman–Crippen LogP) is 4.01. The lowest BCUT2D eigenvalue weighted by Crippen LogP contribution is -2.03. The Morgan fingerprint density at radius 1 is 1.14 bits per heavy atom. The highest BCUT2D eigenvalue weighted by Gasteiger charge is 2.18. The van der Waals surface area contributed by atoms with Gasteiger partial charge in [-0.2, -0.15) is 0 Å². The summed E-state index contributed by atoms with van der Waals surface area (Å²) in [4.78, 5) is 15.3. The molecule has 0 aliphatic carbocycles. The van der Waals surface area contributed by atoms with Crippen molar-refractivity contribution in [2.75, 3.05) is 0 Å². The maximum absolute atomic E-state index is 11.2. The van der Waals surface area contributed by atoms with Crippen LogP contribution in [0.2, 0.25) is 0 Å². The summed E-state index contributed by atoms with van der Waals surface area (Å²) in [6, 6.07) is 14.9. The molecule has 0 bridgehead atoms. The normalized spacial score (nSPS) is 10.6. The van der Waals surface area contributed by atoms with E-state index < -0.39 is 0 Å². The second-order valence-electron chi connectivity index (χ2n) is 4.87. The van der Waals surface area contributed by atoms with Crippen LogP contribution in [0.25, 0.3) is 17.1 Å². The van der Waals surface area contributed by atoms with E-state index in [2.05, 4.69) is 4.98 Å². The van der Waals surface area contributed by atoms with Crippen LogP contribution in [0, 0.1) is 10.1 Å². The molecule has 110 valence electrons. The molecule has 22 heavy (non-hydrogen) atoms. The molecule has 1 aromatic heterocycles. The van der Waals surface area contributed by atoms with E-state index >= 15 is 0 Å². The largest absolute Gasteiger partial charge is 0.299 e. The third kappa shape index (κ3) is 2.37. The Balaban J connectivity index is 2.20. The van der Waals surface area contributed by atoms with Crippen LogP contribution in [0.5, 0.6) is 0 Å². The number of nitrogens with zero attached hydrogens (tertiary/aromatic N) is 3. The van der Waals surface area contributed by atoms with Crippen LogP contribution in [-0.2, 0) is 6.42 Å². The van der Waals surface area contributed by atoms with Gasteiger partial charge in [0.05, 0.1) is 16.2 Å². The summed E-state index contributed by atoms with van der Waals surface area (Å²) in [5.74, 6) is 0.774. The maximum Gasteiger partial charge on any atom is 0.274 e. The Morgan fingerprint density at radius 2 is 1.91 bits per heavy atom. The Morgan fingerprint density at radius 3 is 2.59 bits per heavy atom. The molecule has 3 rings (SSSR count). The molecule has 0 spiro atoms. The molecule has 0 atom stereocenters. The van der Waals surface area contributed by atoms with Gasteiger partial charge in [0.15, 0.2) is 0 Å². The van der Waals surface area contributed by atoms with Gasteiger partial charge in [0.1, 0.15) is 5.82 Å². The van der Waals surface area contributed by atoms with Crippen LogP contribution >= 0.6 is 0 Å². The van der Waals surface area contributed by atoms with E-state index in [9.17, 15) is 10.1 Å². The minimum absolute atomic E-state index is 0.146. The van der Waals surface area contributed by atoms with E-state index in [0.717, 1.165) is 17.1 Å². The number of hydrogen-bond donors (Lipinski definition) is 0. The van der Waals surface area contributed by atoms with Crippen LogP contribution in [0.15, 0.2) is 60.9 Å². The first-order chi connectivity index (χ1) is 10.7. The molecule has 0 aliphatic rings. The Kier molecular flexibility index (Phi) is 3.70. The fourth-order valence-corrected chi connectivity index (χ4v) is 2.62. The standard InChI is InChI=1S/C17H15N3O2/c1-2-14-15(9-6-10-16(14)20(21)22)19-12-11-18-17(19)13-7-4-3-5-8-13/h3-12H,2H2,1H3. The van der Waals surface area contributed by atoms with Gasteiger partial charge < -0.3 is 0 Å². The third-order valence-corrected chi connectivity index (χ3v) is 3.61. The Labute approximate surface area is 128 Å². The highest BCUT2D eigenvalue weighted by Crippen LogP contribution is 2.29. The molecular weight excluding hydrogens is 278 g/mol. The van der Waals surface area contributed by atoms with Gasteiger partial charge in [-0.05, 0) is 12.5 Å². The molecular formula is C17H15N3O2. The minimum atomic E-state index is -0.332. The van der Waals surface area contributed by atoms with Crippen molar-refractivity contribution in [2.45, 2.75) is 13.3 Å². The first-order valence-corrected chi connectivity index (χ1v) is 7.07. The SMILES string of the molecule is CCc1c(-n2ccnc2-c2ccccc2)cccc1[N+](=O)[O-]. The molecule has 0 unspecified atom stereocenters. The number of rotatable bonds is 4. The molecule has 5 heteroatoms. The topological polar surface area (TPSA) is 61.0 Å². The van der Waals surface area contributed by atoms with Gasteiger partial charge in [-0.3, -0.25) is 14.7 Å². The van der Waals surface area contributed by atoms with Gasteiger partial charge in [-0.15, -0.1) is 0 Å². The van der Waals surface area contributed by atoms with Crippen molar-refractivity contribution in [1.82, 2.24) is 9.55 Å². The highest BCUT2D eigenvalue weighted by atomic mass is 16.6. The zero-order valence-corrected chi connectivity index (χ0v) is 12.1. The van der Waals surface area contributed by atoms with E-state index in [1.54, 1.807) is 18.3 Å². The first kappa shape index (κ1) is 14.0. The van der Waals surface area contributed by atoms with E-state index in [-0.39, 0.29) is 10.6 Å². The molecule has 5 nitrogen and oxygen atoms in total. The van der Waals surface area contributed by atoms with E-state index in [1.807, 2.05) is 54.1 Å². The van der Waals surface area contributed by atoms with E-state index in [0.29, 0.717) is 12.0 Å². The number of benzene rings is 2. The smallest absolute Gasteiger partial charge is 0.274 e. The number of aromatic nitrogens is 2. The predicted molar refractivity (Wildman–Crippen MR) is 85.0 cm³/mol. The molecule has 0 radical (unpaired) electrons. The van der Waals surface area contributed by atoms with Crippen LogP contribution in [0.3, 0.4) is 0 Å². The lowest BCUT2D eigenvalue weighted by Gasteiger charge is -2.12. The lowest BCUT2D eigenvalue weighted by atomic mass is 10.1. The van der Waals surface area contributed by atoms with Crippen LogP contribution in [0.1, 0.15) is 12.5 Å². The van der Waals surface area contributed by atoms with Crippen LogP contribution in [0.4, 0.5) is 5.69 Å². The summed E-state index contributed by atoms with van der Waals surface area (Å²) in [5, 5.41) is 11.2. The Hall–Kier alpha value is -2.95. The number of imidazole rings is 1. The number of nitro groups is 1. The third-order valence-electron chi connectivity index (χ3n) is 3.61. The Bertz CT molecular complexity index is 810. The van der Waals surface area contributed by atoms with Gasteiger partial charge >= 0.3 is 0 Å². The van der Waals surface area contributed by atoms with Gasteiger partial charge in [-0.1, -0.05) is 43.3 Å². The molecule has 0 saturated heterocycles. The zero-order chi connectivity index (χ0) is 15.5. The van der Waals surface area contributed by atoms with Crippen LogP contribution in [-0.4, -0.2) is 14.5 Å². The van der Waals surface area contributed by atoms with Crippen molar-refractivity contribution in [2.24, 2.45) is 0 Å². The lowest BCUT2D eigenvalue weighted by molar-refractivity contribution is -0.385. The fourth-order valence-electron chi connectivity index (χ4n) is 2.62. The van der Waals surface area contributed by atoms with Crippen molar-refractivity contribution >= 4 is 5.69 Å². The van der Waals surface area contributed by atoms with Gasteiger partial charge in [-0.25, -0.2) is 4.98 Å². The summed E-state index contributed by atoms with van der Waals surface area (Å²) in [6.45, 7) is 1.92. The summed E-state index contributed by atoms with van der Waals surface area (Å²) in [5.41, 5.74) is 2.63. The molecule has 0 N–H and O–H groups in total. The van der Waals surface area contributed by atoms with Crippen LogP contribution < -0.4 is 0 Å². The molecule has 3 aromatic rings. The second-order valence-corrected chi connectivity index (χ2v) is 4.87. The van der Waals surface area contributed by atoms with E-state index in [1.165, 1.54) is 0 Å². The summed E-state index contributed by atoms with van der Waals surface area (Å²) in [6.07, 6.45) is 4.13. The van der Waals surface area contributed by atoms with Gasteiger partial charge in [0.2, 0.25) is 0 Å². The highest BCUT2D eigenvalue weighted by molar-refractivity contribution is 5.62. The fraction of sp³-hybridized carbons (Fsp3) is 0.118. The van der Waals surface area contributed by atoms with Gasteiger partial charge in [0, 0.05) is 24.0 Å². The van der Waals surface area contributed by atoms with Crippen molar-refractivity contribution in [3.05, 3.63) is 76.6 Å². The second kappa shape index (κ2) is 5.81. The maximum atomic E-state index is 11.2. The summed E-state index contributed by atoms with van der Waals surface area (Å²) in [7, 11) is 0. The molecule has 0 aliphatic heterocycles. The van der Waals surface area contributed by atoms with E-state index in [4.69, 9.17) is 0 Å². The van der Waals surface area contributed by atoms with Crippen molar-refractivity contribution in [3.8, 4) is 17.1 Å². The quantitative estimate of drug-likeness (QED) is 0.539. The zero-order valence-electron chi connectivity index (χ0n) is 12.1. The number of hydrogen-bond acceptors (Lipinski definition) is 3. The summed E-state index contributed by atoms with van der Waals surface area (Å²) >= 11 is 0. The summed E-state index contributed by atoms with van der Waals surface area (Å²) < 4.78 is 1.90. The molecule has 2 aromatic carbocycles. The monoisotopic (exact) mass is 293 g/mol.